The lowest BCUT2D eigenvalue weighted by Gasteiger charge is -2.34. The van der Waals surface area contributed by atoms with E-state index in [0.717, 1.165) is 49.5 Å². The molecular formula is C24H33N3O4. The zero-order chi connectivity index (χ0) is 22.4. The summed E-state index contributed by atoms with van der Waals surface area (Å²) >= 11 is 0. The molecule has 1 fully saturated rings. The molecule has 3 rings (SSSR count). The Kier molecular flexibility index (Phi) is 7.76. The van der Waals surface area contributed by atoms with Crippen LogP contribution in [0.3, 0.4) is 0 Å². The zero-order valence-electron chi connectivity index (χ0n) is 19.2. The zero-order valence-corrected chi connectivity index (χ0v) is 19.2. The van der Waals surface area contributed by atoms with E-state index < -0.39 is 0 Å². The molecule has 0 radical (unpaired) electrons. The van der Waals surface area contributed by atoms with Crippen molar-refractivity contribution in [1.29, 1.82) is 0 Å². The molecule has 31 heavy (non-hydrogen) atoms. The normalized spacial score (nSPS) is 14.9. The Hall–Kier alpha value is -2.77. The molecular weight excluding hydrogens is 394 g/mol. The highest BCUT2D eigenvalue weighted by molar-refractivity contribution is 5.93. The van der Waals surface area contributed by atoms with Gasteiger partial charge in [0.1, 0.15) is 0 Å². The second-order valence-corrected chi connectivity index (χ2v) is 7.91. The molecule has 168 valence electrons. The van der Waals surface area contributed by atoms with Crippen LogP contribution in [0.25, 0.3) is 0 Å². The molecule has 7 heteroatoms. The average molecular weight is 428 g/mol. The van der Waals surface area contributed by atoms with Crippen molar-refractivity contribution in [1.82, 2.24) is 9.80 Å². The summed E-state index contributed by atoms with van der Waals surface area (Å²) in [4.78, 5) is 17.1. The number of ether oxygens (including phenoxy) is 3. The molecule has 0 spiro atoms. The number of aryl methyl sites for hydroxylation is 2. The van der Waals surface area contributed by atoms with Gasteiger partial charge in [-0.2, -0.15) is 0 Å². The van der Waals surface area contributed by atoms with Crippen molar-refractivity contribution in [2.24, 2.45) is 0 Å². The predicted octanol–water partition coefficient (Wildman–Crippen LogP) is 3.09. The summed E-state index contributed by atoms with van der Waals surface area (Å²) in [6, 6.07) is 9.99. The highest BCUT2D eigenvalue weighted by Crippen LogP contribution is 2.40. The van der Waals surface area contributed by atoms with E-state index in [2.05, 4.69) is 28.1 Å². The lowest BCUT2D eigenvalue weighted by atomic mass is 10.1. The van der Waals surface area contributed by atoms with E-state index in [1.807, 2.05) is 31.2 Å². The van der Waals surface area contributed by atoms with Crippen LogP contribution in [0.5, 0.6) is 17.2 Å². The molecule has 1 N–H and O–H groups in total. The monoisotopic (exact) mass is 427 g/mol. The second-order valence-electron chi connectivity index (χ2n) is 7.91. The molecule has 0 aromatic heterocycles. The molecule has 1 heterocycles. The number of piperazine rings is 1. The minimum atomic E-state index is 0.0296. The van der Waals surface area contributed by atoms with E-state index in [-0.39, 0.29) is 5.91 Å². The molecule has 0 saturated carbocycles. The number of hydrogen-bond donors (Lipinski definition) is 1. The number of rotatable bonds is 8. The van der Waals surface area contributed by atoms with Crippen LogP contribution in [0.15, 0.2) is 30.3 Å². The van der Waals surface area contributed by atoms with Gasteiger partial charge in [0.05, 0.1) is 27.9 Å². The van der Waals surface area contributed by atoms with Crippen LogP contribution in [0, 0.1) is 13.8 Å². The molecule has 1 saturated heterocycles. The van der Waals surface area contributed by atoms with Crippen LogP contribution in [-0.4, -0.2) is 69.8 Å². The molecule has 0 bridgehead atoms. The predicted molar refractivity (Wildman–Crippen MR) is 122 cm³/mol. The maximum Gasteiger partial charge on any atom is 0.238 e. The Labute approximate surface area is 184 Å². The third kappa shape index (κ3) is 5.68. The highest BCUT2D eigenvalue weighted by atomic mass is 16.5. The smallest absolute Gasteiger partial charge is 0.238 e. The largest absolute Gasteiger partial charge is 0.493 e. The van der Waals surface area contributed by atoms with Gasteiger partial charge in [-0.05, 0) is 31.5 Å². The minimum absolute atomic E-state index is 0.0296. The van der Waals surface area contributed by atoms with E-state index in [1.54, 1.807) is 21.3 Å². The van der Waals surface area contributed by atoms with Crippen molar-refractivity contribution in [3.05, 3.63) is 47.0 Å². The third-order valence-electron chi connectivity index (χ3n) is 5.67. The molecule has 0 atom stereocenters. The summed E-state index contributed by atoms with van der Waals surface area (Å²) in [5, 5.41) is 3.04. The third-order valence-corrected chi connectivity index (χ3v) is 5.67. The van der Waals surface area contributed by atoms with Gasteiger partial charge >= 0.3 is 0 Å². The number of methoxy groups -OCH3 is 3. The molecule has 2 aromatic rings. The van der Waals surface area contributed by atoms with Crippen LogP contribution >= 0.6 is 0 Å². The van der Waals surface area contributed by atoms with Crippen molar-refractivity contribution >= 4 is 11.6 Å². The van der Waals surface area contributed by atoms with Gasteiger partial charge < -0.3 is 19.5 Å². The summed E-state index contributed by atoms with van der Waals surface area (Å²) in [5.41, 5.74) is 4.22. The molecule has 2 aromatic carbocycles. The molecule has 0 unspecified atom stereocenters. The van der Waals surface area contributed by atoms with Crippen LogP contribution in [0.4, 0.5) is 5.69 Å². The quantitative estimate of drug-likeness (QED) is 0.699. The van der Waals surface area contributed by atoms with Crippen LogP contribution in [0.1, 0.15) is 16.7 Å². The van der Waals surface area contributed by atoms with Gasteiger partial charge in [0.2, 0.25) is 11.7 Å². The van der Waals surface area contributed by atoms with Gasteiger partial charge in [-0.25, -0.2) is 0 Å². The molecule has 1 aliphatic rings. The van der Waals surface area contributed by atoms with Crippen molar-refractivity contribution in [2.75, 3.05) is 59.4 Å². The second kappa shape index (κ2) is 10.5. The van der Waals surface area contributed by atoms with E-state index in [4.69, 9.17) is 14.2 Å². The Balaban J connectivity index is 1.53. The van der Waals surface area contributed by atoms with Crippen LogP contribution in [-0.2, 0) is 11.3 Å². The number of amides is 1. The summed E-state index contributed by atoms with van der Waals surface area (Å²) in [6.07, 6.45) is 0. The van der Waals surface area contributed by atoms with E-state index in [9.17, 15) is 4.79 Å². The molecule has 7 nitrogen and oxygen atoms in total. The molecule has 0 aliphatic carbocycles. The van der Waals surface area contributed by atoms with Gasteiger partial charge in [0.25, 0.3) is 0 Å². The summed E-state index contributed by atoms with van der Waals surface area (Å²) in [6.45, 7) is 8.68. The Bertz CT molecular complexity index is 908. The Morgan fingerprint density at radius 1 is 0.903 bits per heavy atom. The lowest BCUT2D eigenvalue weighted by molar-refractivity contribution is -0.117. The van der Waals surface area contributed by atoms with Crippen molar-refractivity contribution < 1.29 is 19.0 Å². The van der Waals surface area contributed by atoms with Crippen molar-refractivity contribution in [3.8, 4) is 17.2 Å². The van der Waals surface area contributed by atoms with Gasteiger partial charge in [-0.1, -0.05) is 23.8 Å². The average Bonchev–Trinajstić information content (AvgIpc) is 2.76. The maximum absolute atomic E-state index is 12.5. The number of nitrogens with zero attached hydrogens (tertiary/aromatic N) is 2. The maximum atomic E-state index is 12.5. The van der Waals surface area contributed by atoms with Gasteiger partial charge in [0.15, 0.2) is 11.5 Å². The standard InChI is InChI=1S/C24H33N3O4/c1-17-6-8-20(18(2)14-17)25-22(28)16-27-12-10-26(11-13-27)15-19-7-9-21(29-3)24(31-5)23(19)30-4/h6-9,14H,10-13,15-16H2,1-5H3,(H,25,28). The van der Waals surface area contributed by atoms with Crippen LogP contribution < -0.4 is 19.5 Å². The van der Waals surface area contributed by atoms with Gasteiger partial charge in [-0.3, -0.25) is 14.6 Å². The Morgan fingerprint density at radius 3 is 2.19 bits per heavy atom. The first kappa shape index (κ1) is 22.9. The number of hydrogen-bond acceptors (Lipinski definition) is 6. The lowest BCUT2D eigenvalue weighted by Crippen LogP contribution is -2.48. The highest BCUT2D eigenvalue weighted by Gasteiger charge is 2.22. The summed E-state index contributed by atoms with van der Waals surface area (Å²) in [7, 11) is 4.88. The fourth-order valence-electron chi connectivity index (χ4n) is 3.98. The SMILES string of the molecule is COc1ccc(CN2CCN(CC(=O)Nc3ccc(C)cc3C)CC2)c(OC)c1OC. The first-order valence-corrected chi connectivity index (χ1v) is 10.5. The minimum Gasteiger partial charge on any atom is -0.493 e. The molecule has 1 amide bonds. The number of carbonyl (C=O) groups excluding carboxylic acids is 1. The number of carbonyl (C=O) groups is 1. The molecule has 1 aliphatic heterocycles. The topological polar surface area (TPSA) is 63.3 Å². The fourth-order valence-corrected chi connectivity index (χ4v) is 3.98. The van der Waals surface area contributed by atoms with Crippen LogP contribution in [0.2, 0.25) is 0 Å². The first-order valence-electron chi connectivity index (χ1n) is 10.5. The first-order chi connectivity index (χ1) is 14.9. The Morgan fingerprint density at radius 2 is 1.58 bits per heavy atom. The van der Waals surface area contributed by atoms with E-state index in [0.29, 0.717) is 23.8 Å². The van der Waals surface area contributed by atoms with Gasteiger partial charge in [0, 0.05) is 44.0 Å². The van der Waals surface area contributed by atoms with E-state index in [1.165, 1.54) is 5.56 Å². The van der Waals surface area contributed by atoms with Crippen molar-refractivity contribution in [3.63, 3.8) is 0 Å². The summed E-state index contributed by atoms with van der Waals surface area (Å²) < 4.78 is 16.5. The fraction of sp³-hybridized carbons (Fsp3) is 0.458. The number of anilines is 1. The van der Waals surface area contributed by atoms with Gasteiger partial charge in [-0.15, -0.1) is 0 Å². The number of benzene rings is 2. The summed E-state index contributed by atoms with van der Waals surface area (Å²) in [5.74, 6) is 2.01. The van der Waals surface area contributed by atoms with Crippen molar-refractivity contribution in [2.45, 2.75) is 20.4 Å². The van der Waals surface area contributed by atoms with E-state index >= 15 is 0 Å². The number of nitrogens with one attached hydrogen (secondary N) is 1.